The highest BCUT2D eigenvalue weighted by Crippen LogP contribution is 2.45. The molecule has 1 spiro atoms. The monoisotopic (exact) mass is 315 g/mol. The quantitative estimate of drug-likeness (QED) is 0.796. The molecule has 0 atom stereocenters. The van der Waals surface area contributed by atoms with E-state index in [1.807, 2.05) is 38.1 Å². The van der Waals surface area contributed by atoms with E-state index < -0.39 is 5.41 Å². The second-order valence-corrected chi connectivity index (χ2v) is 7.11. The van der Waals surface area contributed by atoms with Gasteiger partial charge in [-0.2, -0.15) is 0 Å². The van der Waals surface area contributed by atoms with Gasteiger partial charge in [-0.05, 0) is 44.4 Å². The van der Waals surface area contributed by atoms with E-state index in [0.717, 1.165) is 37.0 Å². The summed E-state index contributed by atoms with van der Waals surface area (Å²) in [7, 11) is 0. The summed E-state index contributed by atoms with van der Waals surface area (Å²) >= 11 is 0. The van der Waals surface area contributed by atoms with Crippen molar-refractivity contribution in [3.8, 4) is 5.75 Å². The summed E-state index contributed by atoms with van der Waals surface area (Å²) in [6, 6.07) is 7.67. The molecule has 23 heavy (non-hydrogen) atoms. The SMILES string of the molecule is CC(C)Oc1ccc(CN2C(=O)CC3(CCCCC3)C2=O)cc1. The Morgan fingerprint density at radius 3 is 2.35 bits per heavy atom. The van der Waals surface area contributed by atoms with Gasteiger partial charge in [-0.15, -0.1) is 0 Å². The maximum absolute atomic E-state index is 12.8. The molecule has 124 valence electrons. The first-order valence-corrected chi connectivity index (χ1v) is 8.61. The normalized spacial score (nSPS) is 20.6. The van der Waals surface area contributed by atoms with Crippen LogP contribution in [0.5, 0.6) is 5.75 Å². The smallest absolute Gasteiger partial charge is 0.236 e. The van der Waals surface area contributed by atoms with Crippen LogP contribution >= 0.6 is 0 Å². The topological polar surface area (TPSA) is 46.6 Å². The fourth-order valence-electron chi connectivity index (χ4n) is 3.77. The van der Waals surface area contributed by atoms with Crippen molar-refractivity contribution in [1.29, 1.82) is 0 Å². The minimum Gasteiger partial charge on any atom is -0.491 e. The minimum absolute atomic E-state index is 0.0144. The maximum Gasteiger partial charge on any atom is 0.236 e. The second kappa shape index (κ2) is 6.34. The van der Waals surface area contributed by atoms with Crippen LogP contribution in [0.1, 0.15) is 57.9 Å². The van der Waals surface area contributed by atoms with Gasteiger partial charge in [0.2, 0.25) is 11.8 Å². The summed E-state index contributed by atoms with van der Waals surface area (Å²) in [6.07, 6.45) is 5.59. The van der Waals surface area contributed by atoms with Gasteiger partial charge in [-0.25, -0.2) is 0 Å². The molecule has 1 aliphatic heterocycles. The molecule has 1 aliphatic carbocycles. The van der Waals surface area contributed by atoms with Gasteiger partial charge in [0, 0.05) is 6.42 Å². The van der Waals surface area contributed by atoms with Crippen molar-refractivity contribution in [1.82, 2.24) is 4.90 Å². The Morgan fingerprint density at radius 1 is 1.09 bits per heavy atom. The van der Waals surface area contributed by atoms with Gasteiger partial charge in [0.05, 0.1) is 18.1 Å². The number of hydrogen-bond donors (Lipinski definition) is 0. The van der Waals surface area contributed by atoms with Crippen molar-refractivity contribution in [3.63, 3.8) is 0 Å². The van der Waals surface area contributed by atoms with Crippen molar-refractivity contribution in [2.75, 3.05) is 0 Å². The summed E-state index contributed by atoms with van der Waals surface area (Å²) in [5.41, 5.74) is 0.575. The molecule has 2 aliphatic rings. The molecule has 1 heterocycles. The number of hydrogen-bond acceptors (Lipinski definition) is 3. The molecular formula is C19H25NO3. The van der Waals surface area contributed by atoms with Gasteiger partial charge in [-0.3, -0.25) is 14.5 Å². The lowest BCUT2D eigenvalue weighted by Crippen LogP contribution is -2.36. The Balaban J connectivity index is 1.70. The zero-order chi connectivity index (χ0) is 16.4. The van der Waals surface area contributed by atoms with Crippen LogP contribution in [0.3, 0.4) is 0 Å². The number of benzene rings is 1. The molecule has 3 rings (SSSR count). The van der Waals surface area contributed by atoms with Crippen LogP contribution in [0, 0.1) is 5.41 Å². The number of carbonyl (C=O) groups is 2. The number of amides is 2. The van der Waals surface area contributed by atoms with Crippen LogP contribution < -0.4 is 4.74 Å². The average molecular weight is 315 g/mol. The Kier molecular flexibility index (Phi) is 4.42. The Hall–Kier alpha value is -1.84. The van der Waals surface area contributed by atoms with E-state index >= 15 is 0 Å². The molecule has 1 saturated heterocycles. The van der Waals surface area contributed by atoms with E-state index in [1.54, 1.807) is 0 Å². The lowest BCUT2D eigenvalue weighted by atomic mass is 9.73. The summed E-state index contributed by atoms with van der Waals surface area (Å²) in [4.78, 5) is 26.6. The number of imide groups is 1. The van der Waals surface area contributed by atoms with E-state index in [9.17, 15) is 9.59 Å². The molecular weight excluding hydrogens is 290 g/mol. The standard InChI is InChI=1S/C19H25NO3/c1-14(2)23-16-8-6-15(7-9-16)13-20-17(21)12-19(18(20)22)10-4-3-5-11-19/h6-9,14H,3-5,10-13H2,1-2H3. The summed E-state index contributed by atoms with van der Waals surface area (Å²) in [5, 5.41) is 0. The number of rotatable bonds is 4. The fraction of sp³-hybridized carbons (Fsp3) is 0.579. The van der Waals surface area contributed by atoms with E-state index in [1.165, 1.54) is 11.3 Å². The number of ether oxygens (including phenoxy) is 1. The highest BCUT2D eigenvalue weighted by molar-refractivity contribution is 6.05. The van der Waals surface area contributed by atoms with Crippen LogP contribution in [-0.4, -0.2) is 22.8 Å². The van der Waals surface area contributed by atoms with Crippen molar-refractivity contribution in [2.45, 2.75) is 65.0 Å². The molecule has 2 fully saturated rings. The van der Waals surface area contributed by atoms with Gasteiger partial charge in [0.15, 0.2) is 0 Å². The van der Waals surface area contributed by atoms with Crippen molar-refractivity contribution < 1.29 is 14.3 Å². The van der Waals surface area contributed by atoms with Crippen LogP contribution in [0.4, 0.5) is 0 Å². The van der Waals surface area contributed by atoms with Gasteiger partial charge in [-0.1, -0.05) is 31.4 Å². The maximum atomic E-state index is 12.8. The third kappa shape index (κ3) is 3.26. The van der Waals surface area contributed by atoms with E-state index in [4.69, 9.17) is 4.74 Å². The highest BCUT2D eigenvalue weighted by Gasteiger charge is 2.51. The Labute approximate surface area is 137 Å². The molecule has 1 aromatic rings. The zero-order valence-corrected chi connectivity index (χ0v) is 14.0. The highest BCUT2D eigenvalue weighted by atomic mass is 16.5. The van der Waals surface area contributed by atoms with Crippen LogP contribution in [0.25, 0.3) is 0 Å². The molecule has 0 aromatic heterocycles. The van der Waals surface area contributed by atoms with E-state index in [2.05, 4.69) is 0 Å². The molecule has 0 N–H and O–H groups in total. The van der Waals surface area contributed by atoms with Crippen LogP contribution in [-0.2, 0) is 16.1 Å². The summed E-state index contributed by atoms with van der Waals surface area (Å²) in [6.45, 7) is 4.35. The summed E-state index contributed by atoms with van der Waals surface area (Å²) < 4.78 is 5.62. The molecule has 4 nitrogen and oxygen atoms in total. The molecule has 0 bridgehead atoms. The van der Waals surface area contributed by atoms with Crippen molar-refractivity contribution in [2.24, 2.45) is 5.41 Å². The zero-order valence-electron chi connectivity index (χ0n) is 14.0. The molecule has 1 aromatic carbocycles. The Morgan fingerprint density at radius 2 is 1.74 bits per heavy atom. The number of likely N-dealkylation sites (tertiary alicyclic amines) is 1. The lowest BCUT2D eigenvalue weighted by molar-refractivity contribution is -0.142. The van der Waals surface area contributed by atoms with Gasteiger partial charge < -0.3 is 4.74 Å². The molecule has 1 saturated carbocycles. The van der Waals surface area contributed by atoms with E-state index in [0.29, 0.717) is 13.0 Å². The predicted molar refractivity (Wildman–Crippen MR) is 87.9 cm³/mol. The van der Waals surface area contributed by atoms with Crippen molar-refractivity contribution in [3.05, 3.63) is 29.8 Å². The minimum atomic E-state index is -0.393. The van der Waals surface area contributed by atoms with Crippen molar-refractivity contribution >= 4 is 11.8 Å². The second-order valence-electron chi connectivity index (χ2n) is 7.11. The first-order chi connectivity index (χ1) is 11.0. The Bertz CT molecular complexity index is 585. The lowest BCUT2D eigenvalue weighted by Gasteiger charge is -2.30. The number of nitrogens with zero attached hydrogens (tertiary/aromatic N) is 1. The first-order valence-electron chi connectivity index (χ1n) is 8.61. The fourth-order valence-corrected chi connectivity index (χ4v) is 3.77. The molecule has 2 amide bonds. The summed E-state index contributed by atoms with van der Waals surface area (Å²) in [5.74, 6) is 0.843. The van der Waals surface area contributed by atoms with Gasteiger partial charge in [0.1, 0.15) is 5.75 Å². The number of carbonyl (C=O) groups excluding carboxylic acids is 2. The average Bonchev–Trinajstić information content (AvgIpc) is 2.74. The first kappa shape index (κ1) is 16.0. The third-order valence-corrected chi connectivity index (χ3v) is 4.94. The third-order valence-electron chi connectivity index (χ3n) is 4.94. The van der Waals surface area contributed by atoms with Crippen LogP contribution in [0.15, 0.2) is 24.3 Å². The van der Waals surface area contributed by atoms with Gasteiger partial charge in [0.25, 0.3) is 0 Å². The molecule has 0 unspecified atom stereocenters. The van der Waals surface area contributed by atoms with E-state index in [-0.39, 0.29) is 17.9 Å². The largest absolute Gasteiger partial charge is 0.491 e. The van der Waals surface area contributed by atoms with Crippen LogP contribution in [0.2, 0.25) is 0 Å². The molecule has 4 heteroatoms. The predicted octanol–water partition coefficient (Wildman–Crippen LogP) is 3.68. The molecule has 0 radical (unpaired) electrons. The van der Waals surface area contributed by atoms with Gasteiger partial charge >= 0.3 is 0 Å².